The van der Waals surface area contributed by atoms with E-state index in [1.807, 2.05) is 0 Å². The van der Waals surface area contributed by atoms with Crippen LogP contribution >= 0.6 is 7.82 Å². The van der Waals surface area contributed by atoms with Crippen molar-refractivity contribution in [3.63, 3.8) is 0 Å². The predicted octanol–water partition coefficient (Wildman–Crippen LogP) is 12.6. The lowest BCUT2D eigenvalue weighted by Gasteiger charge is -2.20. The molecule has 0 radical (unpaired) electrons. The normalized spacial score (nSPS) is 12.8. The third-order valence-electron chi connectivity index (χ3n) is 10.3. The van der Waals surface area contributed by atoms with Gasteiger partial charge >= 0.3 is 19.8 Å². The van der Waals surface area contributed by atoms with Gasteiger partial charge in [0.15, 0.2) is 6.10 Å². The van der Waals surface area contributed by atoms with Gasteiger partial charge in [-0.15, -0.1) is 12.3 Å². The van der Waals surface area contributed by atoms with E-state index >= 15 is 0 Å². The number of esters is 2. The minimum Gasteiger partial charge on any atom is -0.462 e. The SMILES string of the molecule is C#CCCC(=O)NCCOP(=O)(O)OC[C@@H](COC(=O)CCCCCCCCCCCCCCCCC)OC(=O)CCCCCCCCCCCCCCCCC. The van der Waals surface area contributed by atoms with Gasteiger partial charge in [0.05, 0.1) is 13.2 Å². The molecule has 0 aliphatic rings. The van der Waals surface area contributed by atoms with Crippen molar-refractivity contribution in [1.82, 2.24) is 5.32 Å². The summed E-state index contributed by atoms with van der Waals surface area (Å²) in [6.45, 7) is 3.46. The molecule has 0 aliphatic heterocycles. The van der Waals surface area contributed by atoms with Crippen LogP contribution in [0.5, 0.6) is 0 Å². The smallest absolute Gasteiger partial charge is 0.462 e. The second kappa shape index (κ2) is 42.2. The molecule has 0 aliphatic carbocycles. The average molecular weight is 828 g/mol. The number of hydrogen-bond acceptors (Lipinski definition) is 8. The molecule has 0 aromatic heterocycles. The summed E-state index contributed by atoms with van der Waals surface area (Å²) in [5, 5.41) is 2.54. The van der Waals surface area contributed by atoms with Gasteiger partial charge in [-0.05, 0) is 12.8 Å². The topological polar surface area (TPSA) is 137 Å². The Hall–Kier alpha value is -1.92. The van der Waals surface area contributed by atoms with E-state index in [0.29, 0.717) is 6.42 Å². The molecular weight excluding hydrogens is 741 g/mol. The largest absolute Gasteiger partial charge is 0.472 e. The molecule has 1 unspecified atom stereocenters. The third-order valence-corrected chi connectivity index (χ3v) is 11.3. The molecule has 11 heteroatoms. The monoisotopic (exact) mass is 828 g/mol. The highest BCUT2D eigenvalue weighted by Gasteiger charge is 2.26. The lowest BCUT2D eigenvalue weighted by atomic mass is 10.0. The van der Waals surface area contributed by atoms with Crippen molar-refractivity contribution in [2.24, 2.45) is 0 Å². The van der Waals surface area contributed by atoms with Gasteiger partial charge in [0.25, 0.3) is 0 Å². The number of amides is 1. The summed E-state index contributed by atoms with van der Waals surface area (Å²) in [6, 6.07) is 0. The predicted molar refractivity (Wildman–Crippen MR) is 233 cm³/mol. The molecule has 0 aromatic rings. The zero-order chi connectivity index (χ0) is 41.9. The van der Waals surface area contributed by atoms with Crippen LogP contribution in [0.25, 0.3) is 0 Å². The van der Waals surface area contributed by atoms with Crippen LogP contribution < -0.4 is 5.32 Å². The Bertz CT molecular complexity index is 1030. The van der Waals surface area contributed by atoms with E-state index in [4.69, 9.17) is 24.9 Å². The number of phosphoric ester groups is 1. The first-order valence-corrected chi connectivity index (χ1v) is 24.9. The van der Waals surface area contributed by atoms with E-state index in [1.165, 1.54) is 148 Å². The minimum absolute atomic E-state index is 0.00803. The number of carbonyl (C=O) groups is 3. The van der Waals surface area contributed by atoms with E-state index in [2.05, 4.69) is 25.1 Å². The first-order chi connectivity index (χ1) is 27.7. The zero-order valence-corrected chi connectivity index (χ0v) is 37.6. The van der Waals surface area contributed by atoms with Crippen LogP contribution in [-0.4, -0.2) is 55.2 Å². The Morgan fingerprint density at radius 1 is 0.561 bits per heavy atom. The van der Waals surface area contributed by atoms with Gasteiger partial charge in [0.1, 0.15) is 6.61 Å². The maximum Gasteiger partial charge on any atom is 0.472 e. The molecule has 0 rings (SSSR count). The quantitative estimate of drug-likeness (QED) is 0.0266. The summed E-state index contributed by atoms with van der Waals surface area (Å²) in [5.74, 6) is 1.20. The van der Waals surface area contributed by atoms with Crippen LogP contribution in [0, 0.1) is 12.3 Å². The van der Waals surface area contributed by atoms with E-state index in [9.17, 15) is 23.8 Å². The van der Waals surface area contributed by atoms with Crippen molar-refractivity contribution in [3.8, 4) is 12.3 Å². The first-order valence-electron chi connectivity index (χ1n) is 23.4. The Morgan fingerprint density at radius 3 is 1.35 bits per heavy atom. The first kappa shape index (κ1) is 55.1. The van der Waals surface area contributed by atoms with E-state index in [0.717, 1.165) is 38.5 Å². The summed E-state index contributed by atoms with van der Waals surface area (Å²) in [6.07, 6.45) is 41.9. The summed E-state index contributed by atoms with van der Waals surface area (Å²) in [4.78, 5) is 47.1. The molecule has 0 spiro atoms. The number of unbranched alkanes of at least 4 members (excludes halogenated alkanes) is 28. The molecule has 0 aromatic carbocycles. The molecule has 57 heavy (non-hydrogen) atoms. The van der Waals surface area contributed by atoms with Crippen molar-refractivity contribution in [2.75, 3.05) is 26.4 Å². The lowest BCUT2D eigenvalue weighted by Crippen LogP contribution is -2.30. The number of ether oxygens (including phenoxy) is 2. The highest BCUT2D eigenvalue weighted by atomic mass is 31.2. The fourth-order valence-electron chi connectivity index (χ4n) is 6.74. The van der Waals surface area contributed by atoms with Gasteiger partial charge < -0.3 is 19.7 Å². The molecule has 10 nitrogen and oxygen atoms in total. The summed E-state index contributed by atoms with van der Waals surface area (Å²) in [5.41, 5.74) is 0. The average Bonchev–Trinajstić information content (AvgIpc) is 3.19. The molecule has 0 saturated heterocycles. The van der Waals surface area contributed by atoms with E-state index in [-0.39, 0.29) is 51.3 Å². The van der Waals surface area contributed by atoms with Crippen LogP contribution in [0.3, 0.4) is 0 Å². The molecule has 1 amide bonds. The number of nitrogens with one attached hydrogen (secondary N) is 1. The molecule has 2 N–H and O–H groups in total. The highest BCUT2D eigenvalue weighted by Crippen LogP contribution is 2.43. The van der Waals surface area contributed by atoms with E-state index < -0.39 is 32.5 Å². The van der Waals surface area contributed by atoms with E-state index in [1.54, 1.807) is 0 Å². The van der Waals surface area contributed by atoms with Crippen molar-refractivity contribution < 1.29 is 42.4 Å². The van der Waals surface area contributed by atoms with Crippen molar-refractivity contribution in [3.05, 3.63) is 0 Å². The second-order valence-electron chi connectivity index (χ2n) is 15.8. The Morgan fingerprint density at radius 2 is 0.947 bits per heavy atom. The number of hydrogen-bond donors (Lipinski definition) is 2. The van der Waals surface area contributed by atoms with Crippen molar-refractivity contribution >= 4 is 25.7 Å². The number of rotatable bonds is 44. The number of phosphoric acid groups is 1. The maximum atomic E-state index is 12.7. The van der Waals surface area contributed by atoms with Gasteiger partial charge in [-0.2, -0.15) is 0 Å². The second-order valence-corrected chi connectivity index (χ2v) is 17.3. The fraction of sp³-hybridized carbons (Fsp3) is 0.891. The Balaban J connectivity index is 4.40. The van der Waals surface area contributed by atoms with Gasteiger partial charge in [-0.25, -0.2) is 4.57 Å². The fourth-order valence-corrected chi connectivity index (χ4v) is 7.49. The Kier molecular flexibility index (Phi) is 40.8. The number of terminal acetylenes is 1. The lowest BCUT2D eigenvalue weighted by molar-refractivity contribution is -0.161. The van der Waals surface area contributed by atoms with Crippen molar-refractivity contribution in [1.29, 1.82) is 0 Å². The van der Waals surface area contributed by atoms with Crippen LogP contribution in [-0.2, 0) is 37.5 Å². The zero-order valence-electron chi connectivity index (χ0n) is 36.7. The molecule has 0 saturated carbocycles. The van der Waals surface area contributed by atoms with Gasteiger partial charge in [0.2, 0.25) is 5.91 Å². The number of carbonyl (C=O) groups excluding carboxylic acids is 3. The minimum atomic E-state index is -4.53. The molecule has 334 valence electrons. The standard InChI is InChI=1S/C46H86NO9P/c1-4-7-10-12-14-16-18-20-22-24-26-28-30-32-34-37-45(49)53-41-43(42-55-57(51,52)54-40-39-47-44(48)36-9-6-3)56-46(50)38-35-33-31-29-27-25-23-21-19-17-15-13-11-8-5-2/h3,43H,4-5,7-42H2,1-2H3,(H,47,48)(H,51,52)/t43-/m1/s1. The van der Waals surface area contributed by atoms with Crippen molar-refractivity contribution in [2.45, 2.75) is 238 Å². The summed E-state index contributed by atoms with van der Waals surface area (Å²) in [7, 11) is -4.53. The Labute approximate surface area is 349 Å². The van der Waals surface area contributed by atoms with Gasteiger partial charge in [0, 0.05) is 32.2 Å². The third kappa shape index (κ3) is 42.0. The van der Waals surface area contributed by atoms with Crippen LogP contribution in [0.4, 0.5) is 0 Å². The van der Waals surface area contributed by atoms with Crippen LogP contribution in [0.15, 0.2) is 0 Å². The van der Waals surface area contributed by atoms with Gasteiger partial charge in [-0.3, -0.25) is 23.4 Å². The molecule has 0 bridgehead atoms. The van der Waals surface area contributed by atoms with Crippen LogP contribution in [0.2, 0.25) is 0 Å². The molecule has 0 heterocycles. The maximum absolute atomic E-state index is 12.7. The molecule has 0 fully saturated rings. The summed E-state index contributed by atoms with van der Waals surface area (Å²) < 4.78 is 33.5. The van der Waals surface area contributed by atoms with Gasteiger partial charge in [-0.1, -0.05) is 194 Å². The van der Waals surface area contributed by atoms with Crippen LogP contribution in [0.1, 0.15) is 232 Å². The highest BCUT2D eigenvalue weighted by molar-refractivity contribution is 7.47. The molecular formula is C46H86NO9P. The summed E-state index contributed by atoms with van der Waals surface area (Å²) >= 11 is 0. The molecule has 2 atom stereocenters.